The number of hydrogen-bond donors (Lipinski definition) is 1. The number of ether oxygens (including phenoxy) is 2. The second-order valence-electron chi connectivity index (χ2n) is 7.17. The molecule has 2 heterocycles. The van der Waals surface area contributed by atoms with Crippen LogP contribution < -0.4 is 9.47 Å². The third-order valence-electron chi connectivity index (χ3n) is 5.37. The van der Waals surface area contributed by atoms with Crippen LogP contribution in [0.5, 0.6) is 17.5 Å². The first kappa shape index (κ1) is 17.9. The van der Waals surface area contributed by atoms with E-state index < -0.39 is 0 Å². The minimum Gasteiger partial charge on any atom is -0.492 e. The quantitative estimate of drug-likeness (QED) is 0.650. The molecule has 0 atom stereocenters. The largest absolute Gasteiger partial charge is 0.492 e. The average Bonchev–Trinajstić information content (AvgIpc) is 3.12. The van der Waals surface area contributed by atoms with Crippen LogP contribution in [-0.2, 0) is 0 Å². The summed E-state index contributed by atoms with van der Waals surface area (Å²) in [6, 6.07) is 16.1. The van der Waals surface area contributed by atoms with E-state index in [2.05, 4.69) is 21.8 Å². The van der Waals surface area contributed by atoms with Gasteiger partial charge >= 0.3 is 0 Å². The van der Waals surface area contributed by atoms with Crippen LogP contribution in [0.4, 0.5) is 0 Å². The lowest BCUT2D eigenvalue weighted by atomic mass is 9.94. The highest BCUT2D eigenvalue weighted by molar-refractivity contribution is 5.75. The highest BCUT2D eigenvalue weighted by Crippen LogP contribution is 2.24. The number of aromatic nitrogens is 2. The number of imidazole rings is 1. The van der Waals surface area contributed by atoms with Crippen LogP contribution in [0.3, 0.4) is 0 Å². The molecule has 2 aromatic carbocycles. The van der Waals surface area contributed by atoms with Crippen LogP contribution in [0.15, 0.2) is 48.5 Å². The molecule has 0 aliphatic carbocycles. The van der Waals surface area contributed by atoms with Crippen LogP contribution in [0, 0.1) is 5.92 Å². The number of nitrogens with zero attached hydrogens (tertiary/aromatic N) is 2. The summed E-state index contributed by atoms with van der Waals surface area (Å²) in [7, 11) is 0. The smallest absolute Gasteiger partial charge is 0.300 e. The van der Waals surface area contributed by atoms with Gasteiger partial charge in [0.15, 0.2) is 0 Å². The maximum absolute atomic E-state index is 5.89. The maximum Gasteiger partial charge on any atom is 0.300 e. The lowest BCUT2D eigenvalue weighted by Crippen LogP contribution is -2.36. The van der Waals surface area contributed by atoms with E-state index in [1.807, 2.05) is 48.5 Å². The summed E-state index contributed by atoms with van der Waals surface area (Å²) >= 11 is 0. The number of H-pyrrole nitrogens is 1. The molecule has 1 aliphatic rings. The number of rotatable bonds is 7. The van der Waals surface area contributed by atoms with Gasteiger partial charge < -0.3 is 14.5 Å². The number of hydrogen-bond acceptors (Lipinski definition) is 4. The topological polar surface area (TPSA) is 50.4 Å². The van der Waals surface area contributed by atoms with Gasteiger partial charge in [0.2, 0.25) is 0 Å². The monoisotopic (exact) mass is 365 g/mol. The summed E-state index contributed by atoms with van der Waals surface area (Å²) in [5.41, 5.74) is 1.87. The minimum absolute atomic E-state index is 0.500. The molecule has 0 radical (unpaired) electrons. The summed E-state index contributed by atoms with van der Waals surface area (Å²) in [5, 5.41) is 0. The molecule has 5 heteroatoms. The zero-order chi connectivity index (χ0) is 18.5. The maximum atomic E-state index is 5.89. The molecule has 27 heavy (non-hydrogen) atoms. The normalized spacial score (nSPS) is 15.9. The van der Waals surface area contributed by atoms with Crippen LogP contribution >= 0.6 is 0 Å². The van der Waals surface area contributed by atoms with Gasteiger partial charge in [-0.1, -0.05) is 25.5 Å². The Hall–Kier alpha value is -2.53. The summed E-state index contributed by atoms with van der Waals surface area (Å²) in [6.45, 7) is 6.41. The molecule has 1 fully saturated rings. The van der Waals surface area contributed by atoms with Crippen LogP contribution in [0.1, 0.15) is 26.2 Å². The van der Waals surface area contributed by atoms with Gasteiger partial charge in [0, 0.05) is 6.54 Å². The standard InChI is InChI=1S/C22H27N3O2/c1-2-17-11-13-25(14-12-17)15-16-26-18-7-9-19(10-8-18)27-22-23-20-5-3-4-6-21(20)24-22/h3-10,17H,2,11-16H2,1H3,(H,23,24). The second-order valence-corrected chi connectivity index (χ2v) is 7.17. The molecule has 0 bridgehead atoms. The Kier molecular flexibility index (Phi) is 5.58. The Morgan fingerprint density at radius 2 is 1.78 bits per heavy atom. The predicted octanol–water partition coefficient (Wildman–Crippen LogP) is 4.86. The fourth-order valence-electron chi connectivity index (χ4n) is 3.60. The summed E-state index contributed by atoms with van der Waals surface area (Å²) in [4.78, 5) is 10.1. The molecule has 5 nitrogen and oxygen atoms in total. The van der Waals surface area contributed by atoms with Gasteiger partial charge in [-0.05, 0) is 68.2 Å². The van der Waals surface area contributed by atoms with Crippen LogP contribution in [-0.4, -0.2) is 41.1 Å². The van der Waals surface area contributed by atoms with Crippen molar-refractivity contribution in [2.45, 2.75) is 26.2 Å². The van der Waals surface area contributed by atoms with E-state index in [1.165, 1.54) is 32.4 Å². The Labute approximate surface area is 160 Å². The van der Waals surface area contributed by atoms with Gasteiger partial charge in [0.1, 0.15) is 18.1 Å². The number of para-hydroxylation sites is 2. The molecule has 1 aliphatic heterocycles. The van der Waals surface area contributed by atoms with E-state index in [9.17, 15) is 0 Å². The summed E-state index contributed by atoms with van der Waals surface area (Å²) < 4.78 is 11.7. The first-order valence-electron chi connectivity index (χ1n) is 9.88. The van der Waals surface area contributed by atoms with E-state index in [-0.39, 0.29) is 0 Å². The van der Waals surface area contributed by atoms with Gasteiger partial charge in [0.25, 0.3) is 6.01 Å². The number of fused-ring (bicyclic) bond motifs is 1. The molecule has 0 unspecified atom stereocenters. The predicted molar refractivity (Wildman–Crippen MR) is 108 cm³/mol. The fourth-order valence-corrected chi connectivity index (χ4v) is 3.60. The summed E-state index contributed by atoms with van der Waals surface area (Å²) in [5.74, 6) is 2.53. The van der Waals surface area contributed by atoms with Gasteiger partial charge in [-0.3, -0.25) is 4.90 Å². The van der Waals surface area contributed by atoms with E-state index in [0.717, 1.165) is 41.6 Å². The Morgan fingerprint density at radius 1 is 1.04 bits per heavy atom. The number of aromatic amines is 1. The zero-order valence-corrected chi connectivity index (χ0v) is 15.9. The lowest BCUT2D eigenvalue weighted by molar-refractivity contribution is 0.153. The van der Waals surface area contributed by atoms with E-state index in [0.29, 0.717) is 6.01 Å². The molecule has 0 saturated carbocycles. The second kappa shape index (κ2) is 8.44. The van der Waals surface area contributed by atoms with Gasteiger partial charge in [0.05, 0.1) is 11.0 Å². The highest BCUT2D eigenvalue weighted by atomic mass is 16.5. The molecule has 1 aromatic heterocycles. The molecule has 3 aromatic rings. The van der Waals surface area contributed by atoms with Crippen molar-refractivity contribution in [3.05, 3.63) is 48.5 Å². The molecule has 142 valence electrons. The summed E-state index contributed by atoms with van der Waals surface area (Å²) in [6.07, 6.45) is 3.96. The van der Waals surface area contributed by atoms with Crippen LogP contribution in [0.2, 0.25) is 0 Å². The number of piperidine rings is 1. The van der Waals surface area contributed by atoms with Gasteiger partial charge in [-0.2, -0.15) is 4.98 Å². The van der Waals surface area contributed by atoms with Crippen LogP contribution in [0.25, 0.3) is 11.0 Å². The lowest BCUT2D eigenvalue weighted by Gasteiger charge is -2.31. The first-order chi connectivity index (χ1) is 13.3. The van der Waals surface area contributed by atoms with Gasteiger partial charge in [-0.15, -0.1) is 0 Å². The Bertz CT molecular complexity index is 818. The van der Waals surface area contributed by atoms with E-state index in [4.69, 9.17) is 9.47 Å². The molecular formula is C22H27N3O2. The fraction of sp³-hybridized carbons (Fsp3) is 0.409. The van der Waals surface area contributed by atoms with Crippen molar-refractivity contribution in [2.75, 3.05) is 26.2 Å². The first-order valence-corrected chi connectivity index (χ1v) is 9.88. The van der Waals surface area contributed by atoms with Crippen molar-refractivity contribution in [1.82, 2.24) is 14.9 Å². The molecule has 0 spiro atoms. The van der Waals surface area contributed by atoms with Crippen molar-refractivity contribution >= 4 is 11.0 Å². The van der Waals surface area contributed by atoms with E-state index >= 15 is 0 Å². The Morgan fingerprint density at radius 3 is 2.52 bits per heavy atom. The van der Waals surface area contributed by atoms with E-state index in [1.54, 1.807) is 0 Å². The van der Waals surface area contributed by atoms with Crippen molar-refractivity contribution in [1.29, 1.82) is 0 Å². The van der Waals surface area contributed by atoms with Crippen molar-refractivity contribution in [3.8, 4) is 17.5 Å². The highest BCUT2D eigenvalue weighted by Gasteiger charge is 2.17. The van der Waals surface area contributed by atoms with Crippen molar-refractivity contribution in [3.63, 3.8) is 0 Å². The minimum atomic E-state index is 0.500. The number of benzene rings is 2. The molecule has 0 amide bonds. The SMILES string of the molecule is CCC1CCN(CCOc2ccc(Oc3nc4ccccc4[nH]3)cc2)CC1. The zero-order valence-electron chi connectivity index (χ0n) is 15.9. The third-order valence-corrected chi connectivity index (χ3v) is 5.37. The third kappa shape index (κ3) is 4.61. The number of nitrogens with one attached hydrogen (secondary N) is 1. The average molecular weight is 365 g/mol. The molecular weight excluding hydrogens is 338 g/mol. The number of likely N-dealkylation sites (tertiary alicyclic amines) is 1. The molecule has 1 N–H and O–H groups in total. The molecule has 4 rings (SSSR count). The molecule has 1 saturated heterocycles. The van der Waals surface area contributed by atoms with Crippen molar-refractivity contribution < 1.29 is 9.47 Å². The van der Waals surface area contributed by atoms with Gasteiger partial charge in [-0.25, -0.2) is 0 Å². The van der Waals surface area contributed by atoms with Crippen molar-refractivity contribution in [2.24, 2.45) is 5.92 Å². The Balaban J connectivity index is 1.25.